The zero-order valence-electron chi connectivity index (χ0n) is 16.5. The largest absolute Gasteiger partial charge is 0.461 e. The van der Waals surface area contributed by atoms with Gasteiger partial charge in [0.1, 0.15) is 17.6 Å². The standard InChI is InChI=1S/C25H20BrNO4/c26-22-18-12-19-21(25(29)31-23(19)22)20(18)24(28)27-15-6-9-16(10-7-15)30-17-8-5-13-3-1-2-4-14(13)11-17/h1-11,18-23H,12H2,(H,27,28)/t18-,19-,20-,21+,22-,23+/m1/s1. The molecule has 3 aromatic carbocycles. The zero-order valence-corrected chi connectivity index (χ0v) is 18.1. The summed E-state index contributed by atoms with van der Waals surface area (Å²) in [6.07, 6.45) is 0.797. The Bertz CT molecular complexity index is 1190. The minimum Gasteiger partial charge on any atom is -0.461 e. The van der Waals surface area contributed by atoms with Crippen LogP contribution in [0.1, 0.15) is 6.42 Å². The summed E-state index contributed by atoms with van der Waals surface area (Å²) in [5.41, 5.74) is 0.688. The first-order chi connectivity index (χ1) is 15.1. The van der Waals surface area contributed by atoms with Crippen LogP contribution in [0.3, 0.4) is 0 Å². The molecule has 5 nitrogen and oxygen atoms in total. The van der Waals surface area contributed by atoms with Gasteiger partial charge < -0.3 is 14.8 Å². The molecule has 6 heteroatoms. The van der Waals surface area contributed by atoms with E-state index >= 15 is 0 Å². The third-order valence-corrected chi connectivity index (χ3v) is 8.10. The molecule has 1 saturated heterocycles. The van der Waals surface area contributed by atoms with Crippen LogP contribution in [-0.4, -0.2) is 22.8 Å². The van der Waals surface area contributed by atoms with Crippen molar-refractivity contribution >= 4 is 44.3 Å². The molecule has 1 aliphatic heterocycles. The van der Waals surface area contributed by atoms with Gasteiger partial charge in [0, 0.05) is 11.6 Å². The van der Waals surface area contributed by atoms with E-state index < -0.39 is 0 Å². The van der Waals surface area contributed by atoms with E-state index in [0.29, 0.717) is 11.4 Å². The molecule has 0 aromatic heterocycles. The Morgan fingerprint density at radius 2 is 1.71 bits per heavy atom. The minimum atomic E-state index is -0.339. The Balaban J connectivity index is 1.15. The van der Waals surface area contributed by atoms with E-state index in [1.807, 2.05) is 54.6 Å². The average Bonchev–Trinajstić information content (AvgIpc) is 3.39. The SMILES string of the molecule is O=C(Nc1ccc(Oc2ccc3ccccc3c2)cc1)[C@@H]1[C@H]2C[C@H]3[C@H](OC(=O)[C@@H]31)[C@@H]2Br. The molecule has 0 radical (unpaired) electrons. The van der Waals surface area contributed by atoms with Crippen molar-refractivity contribution in [3.63, 3.8) is 0 Å². The molecule has 2 aliphatic carbocycles. The molecule has 0 spiro atoms. The van der Waals surface area contributed by atoms with Crippen molar-refractivity contribution in [2.45, 2.75) is 17.4 Å². The van der Waals surface area contributed by atoms with E-state index in [2.05, 4.69) is 33.4 Å². The second-order valence-corrected chi connectivity index (χ2v) is 9.64. The molecule has 1 heterocycles. The lowest BCUT2D eigenvalue weighted by Gasteiger charge is -2.27. The summed E-state index contributed by atoms with van der Waals surface area (Å²) < 4.78 is 11.5. The summed E-state index contributed by atoms with van der Waals surface area (Å²) >= 11 is 3.65. The van der Waals surface area contributed by atoms with Gasteiger partial charge in [0.2, 0.25) is 5.91 Å². The van der Waals surface area contributed by atoms with Gasteiger partial charge in [-0.05, 0) is 59.5 Å². The Morgan fingerprint density at radius 1 is 0.968 bits per heavy atom. The number of hydrogen-bond acceptors (Lipinski definition) is 4. The maximum Gasteiger partial charge on any atom is 0.310 e. The molecule has 0 unspecified atom stereocenters. The first kappa shape index (κ1) is 18.9. The highest BCUT2D eigenvalue weighted by atomic mass is 79.9. The normalized spacial score (nSPS) is 30.4. The van der Waals surface area contributed by atoms with Crippen LogP contribution in [0, 0.1) is 23.7 Å². The molecule has 1 amide bonds. The first-order valence-corrected chi connectivity index (χ1v) is 11.4. The van der Waals surface area contributed by atoms with Gasteiger partial charge in [-0.1, -0.05) is 46.3 Å². The fourth-order valence-corrected chi connectivity index (χ4v) is 6.57. The number of alkyl halides is 1. The number of anilines is 1. The molecule has 2 saturated carbocycles. The van der Waals surface area contributed by atoms with Gasteiger partial charge in [0.15, 0.2) is 0 Å². The van der Waals surface area contributed by atoms with Crippen LogP contribution in [0.2, 0.25) is 0 Å². The molecular weight excluding hydrogens is 458 g/mol. The zero-order chi connectivity index (χ0) is 21.1. The monoisotopic (exact) mass is 477 g/mol. The smallest absolute Gasteiger partial charge is 0.310 e. The molecule has 156 valence electrons. The number of ether oxygens (including phenoxy) is 2. The predicted octanol–water partition coefficient (Wildman–Crippen LogP) is 5.14. The number of amides is 1. The van der Waals surface area contributed by atoms with Crippen molar-refractivity contribution in [3.8, 4) is 11.5 Å². The van der Waals surface area contributed by atoms with Gasteiger partial charge in [-0.15, -0.1) is 0 Å². The lowest BCUT2D eigenvalue weighted by atomic mass is 9.79. The van der Waals surface area contributed by atoms with E-state index in [-0.39, 0.29) is 46.5 Å². The first-order valence-electron chi connectivity index (χ1n) is 10.5. The van der Waals surface area contributed by atoms with Gasteiger partial charge in [0.25, 0.3) is 0 Å². The predicted molar refractivity (Wildman–Crippen MR) is 120 cm³/mol. The number of nitrogens with one attached hydrogen (secondary N) is 1. The second kappa shape index (κ2) is 7.09. The van der Waals surface area contributed by atoms with E-state index in [0.717, 1.165) is 22.9 Å². The van der Waals surface area contributed by atoms with E-state index in [1.54, 1.807) is 0 Å². The minimum absolute atomic E-state index is 0.0636. The van der Waals surface area contributed by atoms with Crippen LogP contribution in [0.25, 0.3) is 10.8 Å². The van der Waals surface area contributed by atoms with Crippen molar-refractivity contribution in [2.24, 2.45) is 23.7 Å². The summed E-state index contributed by atoms with van der Waals surface area (Å²) in [6.45, 7) is 0. The van der Waals surface area contributed by atoms with Crippen molar-refractivity contribution in [2.75, 3.05) is 5.32 Å². The number of rotatable bonds is 4. The summed E-state index contributed by atoms with van der Waals surface area (Å²) in [5, 5.41) is 5.27. The van der Waals surface area contributed by atoms with Crippen LogP contribution in [0.5, 0.6) is 11.5 Å². The number of esters is 1. The third kappa shape index (κ3) is 3.04. The average molecular weight is 478 g/mol. The van der Waals surface area contributed by atoms with Crippen molar-refractivity contribution in [3.05, 3.63) is 66.7 Å². The van der Waals surface area contributed by atoms with Crippen molar-refractivity contribution < 1.29 is 19.1 Å². The van der Waals surface area contributed by atoms with Crippen LogP contribution in [0.4, 0.5) is 5.69 Å². The summed E-state index contributed by atoms with van der Waals surface area (Å²) in [4.78, 5) is 25.3. The van der Waals surface area contributed by atoms with Gasteiger partial charge in [0.05, 0.1) is 16.7 Å². The van der Waals surface area contributed by atoms with Crippen LogP contribution >= 0.6 is 15.9 Å². The highest BCUT2D eigenvalue weighted by Crippen LogP contribution is 2.60. The Kier molecular flexibility index (Phi) is 4.32. The number of fused-ring (bicyclic) bond motifs is 2. The number of carbonyl (C=O) groups excluding carboxylic acids is 2. The van der Waals surface area contributed by atoms with Crippen molar-refractivity contribution in [1.29, 1.82) is 0 Å². The number of hydrogen-bond donors (Lipinski definition) is 1. The number of halogens is 1. The topological polar surface area (TPSA) is 64.6 Å². The molecule has 3 fully saturated rings. The molecular formula is C25H20BrNO4. The van der Waals surface area contributed by atoms with E-state index in [1.165, 1.54) is 0 Å². The quantitative estimate of drug-likeness (QED) is 0.417. The highest BCUT2D eigenvalue weighted by molar-refractivity contribution is 9.09. The number of benzene rings is 3. The van der Waals surface area contributed by atoms with Crippen LogP contribution in [-0.2, 0) is 14.3 Å². The third-order valence-electron chi connectivity index (χ3n) is 6.90. The maximum absolute atomic E-state index is 13.0. The molecule has 3 aromatic rings. The molecule has 1 N–H and O–H groups in total. The van der Waals surface area contributed by atoms with Gasteiger partial charge in [-0.3, -0.25) is 9.59 Å². The van der Waals surface area contributed by atoms with Gasteiger partial charge in [-0.2, -0.15) is 0 Å². The van der Waals surface area contributed by atoms with E-state index in [4.69, 9.17) is 9.47 Å². The van der Waals surface area contributed by atoms with Crippen LogP contribution < -0.4 is 10.1 Å². The Labute approximate surface area is 187 Å². The molecule has 6 atom stereocenters. The molecule has 2 bridgehead atoms. The molecule has 3 aliphatic rings. The molecule has 31 heavy (non-hydrogen) atoms. The Morgan fingerprint density at radius 3 is 2.52 bits per heavy atom. The Hall–Kier alpha value is -2.86. The van der Waals surface area contributed by atoms with E-state index in [9.17, 15) is 9.59 Å². The summed E-state index contributed by atoms with van der Waals surface area (Å²) in [6, 6.07) is 21.4. The lowest BCUT2D eigenvalue weighted by molar-refractivity contribution is -0.145. The van der Waals surface area contributed by atoms with Crippen LogP contribution in [0.15, 0.2) is 66.7 Å². The lowest BCUT2D eigenvalue weighted by Crippen LogP contribution is -2.40. The fourth-order valence-electron chi connectivity index (χ4n) is 5.53. The summed E-state index contributed by atoms with van der Waals surface area (Å²) in [5.74, 6) is 0.776. The second-order valence-electron chi connectivity index (χ2n) is 8.59. The number of carbonyl (C=O) groups is 2. The fraction of sp³-hybridized carbons (Fsp3) is 0.280. The summed E-state index contributed by atoms with van der Waals surface area (Å²) in [7, 11) is 0. The van der Waals surface area contributed by atoms with Crippen molar-refractivity contribution in [1.82, 2.24) is 0 Å². The van der Waals surface area contributed by atoms with Gasteiger partial charge in [-0.25, -0.2) is 0 Å². The molecule has 6 rings (SSSR count). The van der Waals surface area contributed by atoms with Gasteiger partial charge >= 0.3 is 5.97 Å². The maximum atomic E-state index is 13.0. The highest BCUT2D eigenvalue weighted by Gasteiger charge is 2.67.